The number of hydrogen-bond donors (Lipinski definition) is 1. The van der Waals surface area contributed by atoms with Crippen LogP contribution in [0.5, 0.6) is 0 Å². The third-order valence-corrected chi connectivity index (χ3v) is 3.49. The first-order valence-corrected chi connectivity index (χ1v) is 4.58. The Labute approximate surface area is 72.4 Å². The number of aliphatic hydroxyl groups excluding tert-OH is 1. The minimum atomic E-state index is 0.0596. The van der Waals surface area contributed by atoms with Crippen molar-refractivity contribution >= 4 is 5.91 Å². The molecule has 1 amide bonds. The molecule has 1 saturated heterocycles. The highest BCUT2D eigenvalue weighted by atomic mass is 16.3. The fourth-order valence-corrected chi connectivity index (χ4v) is 2.39. The maximum atomic E-state index is 11.4. The van der Waals surface area contributed by atoms with E-state index in [9.17, 15) is 4.79 Å². The molecule has 68 valence electrons. The van der Waals surface area contributed by atoms with Gasteiger partial charge in [0, 0.05) is 31.5 Å². The highest BCUT2D eigenvalue weighted by molar-refractivity contribution is 5.78. The zero-order chi connectivity index (χ0) is 8.77. The minimum Gasteiger partial charge on any atom is -0.396 e. The van der Waals surface area contributed by atoms with Gasteiger partial charge >= 0.3 is 0 Å². The number of carbonyl (C=O) groups is 1. The summed E-state index contributed by atoms with van der Waals surface area (Å²) in [6.45, 7) is 0.234. The maximum absolute atomic E-state index is 11.4. The average molecular weight is 169 g/mol. The van der Waals surface area contributed by atoms with Crippen molar-refractivity contribution in [3.8, 4) is 0 Å². The molecule has 0 bridgehead atoms. The predicted octanol–water partition coefficient (Wildman–Crippen LogP) is 0.380. The molecular formula is C9H15NO2. The lowest BCUT2D eigenvalue weighted by Gasteiger charge is -2.38. The molecule has 0 aromatic rings. The summed E-state index contributed by atoms with van der Waals surface area (Å²) in [6.07, 6.45) is 3.66. The number of likely N-dealkylation sites (tertiary alicyclic amines) is 1. The fourth-order valence-electron chi connectivity index (χ4n) is 2.39. The summed E-state index contributed by atoms with van der Waals surface area (Å²) >= 11 is 0. The second-order valence-corrected chi connectivity index (χ2v) is 3.97. The van der Waals surface area contributed by atoms with E-state index in [1.165, 1.54) is 0 Å². The van der Waals surface area contributed by atoms with Crippen molar-refractivity contribution in [1.82, 2.24) is 4.90 Å². The molecule has 1 spiro atoms. The number of hydrogen-bond acceptors (Lipinski definition) is 2. The van der Waals surface area contributed by atoms with Crippen LogP contribution >= 0.6 is 0 Å². The van der Waals surface area contributed by atoms with E-state index >= 15 is 0 Å². The Hall–Kier alpha value is -0.570. The van der Waals surface area contributed by atoms with Crippen LogP contribution in [0.4, 0.5) is 0 Å². The van der Waals surface area contributed by atoms with Gasteiger partial charge in [0.1, 0.15) is 0 Å². The molecule has 3 heteroatoms. The molecule has 2 rings (SSSR count). The second kappa shape index (κ2) is 2.46. The third-order valence-electron chi connectivity index (χ3n) is 3.49. The number of piperidine rings is 1. The number of aliphatic hydroxyl groups is 1. The van der Waals surface area contributed by atoms with Crippen LogP contribution in [-0.4, -0.2) is 35.1 Å². The van der Waals surface area contributed by atoms with E-state index in [0.29, 0.717) is 12.3 Å². The van der Waals surface area contributed by atoms with Gasteiger partial charge in [-0.1, -0.05) is 0 Å². The highest BCUT2D eigenvalue weighted by Crippen LogP contribution is 2.51. The molecule has 0 aromatic carbocycles. The van der Waals surface area contributed by atoms with Crippen molar-refractivity contribution in [2.24, 2.45) is 5.92 Å². The fraction of sp³-hybridized carbons (Fsp3) is 0.889. The summed E-state index contributed by atoms with van der Waals surface area (Å²) in [6, 6.07) is 0. The molecule has 2 fully saturated rings. The quantitative estimate of drug-likeness (QED) is 0.616. The van der Waals surface area contributed by atoms with Crippen LogP contribution in [-0.2, 0) is 4.79 Å². The van der Waals surface area contributed by atoms with Crippen LogP contribution < -0.4 is 0 Å². The lowest BCUT2D eigenvalue weighted by atomic mass is 9.87. The molecule has 1 atom stereocenters. The van der Waals surface area contributed by atoms with E-state index in [1.54, 1.807) is 0 Å². The molecule has 2 aliphatic rings. The molecular weight excluding hydrogens is 154 g/mol. The number of amides is 1. The van der Waals surface area contributed by atoms with Crippen molar-refractivity contribution in [1.29, 1.82) is 0 Å². The van der Waals surface area contributed by atoms with Gasteiger partial charge in [0.25, 0.3) is 0 Å². The van der Waals surface area contributed by atoms with Crippen LogP contribution in [0.25, 0.3) is 0 Å². The first-order valence-electron chi connectivity index (χ1n) is 4.58. The Balaban J connectivity index is 2.17. The maximum Gasteiger partial charge on any atom is 0.222 e. The first-order chi connectivity index (χ1) is 5.70. The van der Waals surface area contributed by atoms with Gasteiger partial charge in [0.05, 0.1) is 0 Å². The first kappa shape index (κ1) is 8.05. The summed E-state index contributed by atoms with van der Waals surface area (Å²) < 4.78 is 0. The van der Waals surface area contributed by atoms with E-state index in [1.807, 2.05) is 11.9 Å². The van der Waals surface area contributed by atoms with Gasteiger partial charge in [-0.2, -0.15) is 0 Å². The molecule has 12 heavy (non-hydrogen) atoms. The van der Waals surface area contributed by atoms with Crippen LogP contribution in [0.3, 0.4) is 0 Å². The molecule has 0 aromatic heterocycles. The van der Waals surface area contributed by atoms with Crippen LogP contribution in [0.1, 0.15) is 25.7 Å². The summed E-state index contributed by atoms with van der Waals surface area (Å²) in [5, 5.41) is 9.13. The molecule has 1 heterocycles. The normalized spacial score (nSPS) is 32.7. The van der Waals surface area contributed by atoms with Gasteiger partial charge in [-0.25, -0.2) is 0 Å². The molecule has 3 nitrogen and oxygen atoms in total. The average Bonchev–Trinajstić information content (AvgIpc) is 2.83. The van der Waals surface area contributed by atoms with Gasteiger partial charge in [-0.3, -0.25) is 4.79 Å². The molecule has 1 aliphatic heterocycles. The van der Waals surface area contributed by atoms with Crippen molar-refractivity contribution in [3.63, 3.8) is 0 Å². The summed E-state index contributed by atoms with van der Waals surface area (Å²) in [5.41, 5.74) is 0.0596. The lowest BCUT2D eigenvalue weighted by Crippen LogP contribution is -2.49. The summed E-state index contributed by atoms with van der Waals surface area (Å²) in [7, 11) is 1.87. The Kier molecular flexibility index (Phi) is 1.65. The molecule has 1 saturated carbocycles. The van der Waals surface area contributed by atoms with E-state index in [2.05, 4.69) is 0 Å². The van der Waals surface area contributed by atoms with Crippen molar-refractivity contribution in [3.05, 3.63) is 0 Å². The Morgan fingerprint density at radius 3 is 2.83 bits per heavy atom. The second-order valence-electron chi connectivity index (χ2n) is 3.97. The van der Waals surface area contributed by atoms with E-state index < -0.39 is 0 Å². The molecule has 1 aliphatic carbocycles. The largest absolute Gasteiger partial charge is 0.396 e. The summed E-state index contributed by atoms with van der Waals surface area (Å²) in [4.78, 5) is 13.2. The lowest BCUT2D eigenvalue weighted by molar-refractivity contribution is -0.139. The van der Waals surface area contributed by atoms with E-state index in [-0.39, 0.29) is 18.1 Å². The Bertz CT molecular complexity index is 211. The van der Waals surface area contributed by atoms with Crippen LogP contribution in [0.2, 0.25) is 0 Å². The van der Waals surface area contributed by atoms with Gasteiger partial charge in [0.2, 0.25) is 5.91 Å². The Morgan fingerprint density at radius 2 is 2.33 bits per heavy atom. The van der Waals surface area contributed by atoms with Gasteiger partial charge in [-0.05, 0) is 19.3 Å². The minimum absolute atomic E-state index is 0.0596. The molecule has 0 radical (unpaired) electrons. The van der Waals surface area contributed by atoms with Gasteiger partial charge in [0.15, 0.2) is 0 Å². The van der Waals surface area contributed by atoms with Gasteiger partial charge in [-0.15, -0.1) is 0 Å². The predicted molar refractivity (Wildman–Crippen MR) is 44.5 cm³/mol. The van der Waals surface area contributed by atoms with Crippen LogP contribution in [0, 0.1) is 5.92 Å². The zero-order valence-corrected chi connectivity index (χ0v) is 7.42. The third kappa shape index (κ3) is 0.891. The van der Waals surface area contributed by atoms with Crippen LogP contribution in [0.15, 0.2) is 0 Å². The van der Waals surface area contributed by atoms with E-state index in [4.69, 9.17) is 5.11 Å². The topological polar surface area (TPSA) is 40.5 Å². The summed E-state index contributed by atoms with van der Waals surface area (Å²) in [5.74, 6) is 0.581. The monoisotopic (exact) mass is 169 g/mol. The molecule has 1 unspecified atom stereocenters. The standard InChI is InChI=1S/C9H15NO2/c1-10-8(12)3-2-7(6-11)9(10)4-5-9/h7,11H,2-6H2,1H3. The van der Waals surface area contributed by atoms with E-state index in [0.717, 1.165) is 19.3 Å². The van der Waals surface area contributed by atoms with Crippen molar-refractivity contribution in [2.45, 2.75) is 31.2 Å². The van der Waals surface area contributed by atoms with Gasteiger partial charge < -0.3 is 10.0 Å². The van der Waals surface area contributed by atoms with Crippen molar-refractivity contribution in [2.75, 3.05) is 13.7 Å². The Morgan fingerprint density at radius 1 is 1.67 bits per heavy atom. The smallest absolute Gasteiger partial charge is 0.222 e. The van der Waals surface area contributed by atoms with Crippen molar-refractivity contribution < 1.29 is 9.90 Å². The zero-order valence-electron chi connectivity index (χ0n) is 7.42. The number of rotatable bonds is 1. The number of nitrogens with zero attached hydrogens (tertiary/aromatic N) is 1. The molecule has 1 N–H and O–H groups in total. The highest BCUT2D eigenvalue weighted by Gasteiger charge is 2.55. The number of carbonyl (C=O) groups excluding carboxylic acids is 1. The SMILES string of the molecule is CN1C(=O)CCC(CO)C12CC2.